The van der Waals surface area contributed by atoms with Crippen molar-refractivity contribution in [2.24, 2.45) is 0 Å². The van der Waals surface area contributed by atoms with Crippen molar-refractivity contribution in [1.29, 1.82) is 0 Å². The van der Waals surface area contributed by atoms with Crippen molar-refractivity contribution in [2.45, 2.75) is 32.9 Å². The minimum atomic E-state index is -0.399. The Kier molecular flexibility index (Phi) is 8.91. The maximum absolute atomic E-state index is 13.4. The van der Waals surface area contributed by atoms with Gasteiger partial charge < -0.3 is 23.7 Å². The Morgan fingerprint density at radius 1 is 0.867 bits per heavy atom. The summed E-state index contributed by atoms with van der Waals surface area (Å²) in [4.78, 5) is 25.1. The third-order valence-corrected chi connectivity index (χ3v) is 8.00. The number of imidazole rings is 1. The zero-order valence-electron chi connectivity index (χ0n) is 25.8. The van der Waals surface area contributed by atoms with Crippen LogP contribution in [0.4, 0.5) is 5.82 Å². The normalized spacial score (nSPS) is 12.2. The van der Waals surface area contributed by atoms with Crippen LogP contribution in [0.2, 0.25) is 0 Å². The predicted octanol–water partition coefficient (Wildman–Crippen LogP) is 6.69. The molecule has 228 valence electrons. The van der Waals surface area contributed by atoms with Crippen molar-refractivity contribution in [2.75, 3.05) is 25.7 Å². The summed E-state index contributed by atoms with van der Waals surface area (Å²) in [6.45, 7) is 3.27. The third-order valence-electron chi connectivity index (χ3n) is 8.00. The number of rotatable bonds is 11. The van der Waals surface area contributed by atoms with Gasteiger partial charge in [-0.1, -0.05) is 42.5 Å². The zero-order valence-corrected chi connectivity index (χ0v) is 25.8. The van der Waals surface area contributed by atoms with Crippen molar-refractivity contribution in [3.63, 3.8) is 0 Å². The van der Waals surface area contributed by atoms with Crippen LogP contribution in [0.5, 0.6) is 11.5 Å². The van der Waals surface area contributed by atoms with Gasteiger partial charge in [0.05, 0.1) is 37.8 Å². The second-order valence-corrected chi connectivity index (χ2v) is 10.8. The molecule has 5 aromatic rings. The summed E-state index contributed by atoms with van der Waals surface area (Å²) in [6, 6.07) is 28.2. The molecule has 2 aromatic heterocycles. The fraction of sp³-hybridized carbons (Fsp3) is 0.216. The average molecular weight is 601 g/mol. The molecule has 0 bridgehead atoms. The summed E-state index contributed by atoms with van der Waals surface area (Å²) >= 11 is 0. The number of ether oxygens (including phenoxy) is 3. The van der Waals surface area contributed by atoms with Gasteiger partial charge in [0.15, 0.2) is 0 Å². The zero-order chi connectivity index (χ0) is 31.2. The molecule has 0 radical (unpaired) electrons. The molecule has 8 heteroatoms. The van der Waals surface area contributed by atoms with Gasteiger partial charge in [0.2, 0.25) is 0 Å². The molecule has 0 unspecified atom stereocenters. The molecule has 8 nitrogen and oxygen atoms in total. The first-order chi connectivity index (χ1) is 22.1. The van der Waals surface area contributed by atoms with E-state index in [0.717, 1.165) is 58.4 Å². The standard InChI is InChI=1S/C37H36N4O4/c1-4-45-37(42)32(22-33-35-18-13-28-7-5-6-8-34(28)41(35)25-39-33)29-19-20-38-36(21-29)40(23-26-9-14-30(43-2)15-10-26)24-27-11-16-31(44-3)17-12-27/h5-12,14-17,19-22,25H,4,13,18,23-24H2,1-3H3/b32-22-. The van der Waals surface area contributed by atoms with Gasteiger partial charge in [-0.25, -0.2) is 14.8 Å². The highest BCUT2D eigenvalue weighted by molar-refractivity contribution is 6.21. The van der Waals surface area contributed by atoms with E-state index in [-0.39, 0.29) is 6.61 Å². The number of aromatic nitrogens is 3. The number of para-hydroxylation sites is 1. The van der Waals surface area contributed by atoms with E-state index in [1.807, 2.05) is 86.1 Å². The SMILES string of the molecule is CCOC(=O)/C(=C\c1ncn2c1CCc1ccccc1-2)c1ccnc(N(Cc2ccc(OC)cc2)Cc2ccc(OC)cc2)c1. The van der Waals surface area contributed by atoms with E-state index >= 15 is 0 Å². The smallest absolute Gasteiger partial charge is 0.338 e. The highest BCUT2D eigenvalue weighted by Crippen LogP contribution is 2.30. The number of nitrogens with zero attached hydrogens (tertiary/aromatic N) is 4. The second kappa shape index (κ2) is 13.5. The Hall–Kier alpha value is -5.37. The van der Waals surface area contributed by atoms with Gasteiger partial charge >= 0.3 is 5.97 Å². The molecular formula is C37H36N4O4. The Morgan fingerprint density at radius 3 is 2.18 bits per heavy atom. The highest BCUT2D eigenvalue weighted by Gasteiger charge is 2.22. The lowest BCUT2D eigenvalue weighted by Gasteiger charge is -2.25. The largest absolute Gasteiger partial charge is 0.497 e. The number of carbonyl (C=O) groups excluding carboxylic acids is 1. The number of hydrogen-bond acceptors (Lipinski definition) is 7. The summed E-state index contributed by atoms with van der Waals surface area (Å²) in [5.41, 5.74) is 7.61. The summed E-state index contributed by atoms with van der Waals surface area (Å²) in [5.74, 6) is 1.93. The number of hydrogen-bond donors (Lipinski definition) is 0. The van der Waals surface area contributed by atoms with Crippen LogP contribution in [0.15, 0.2) is 97.5 Å². The van der Waals surface area contributed by atoms with E-state index < -0.39 is 5.97 Å². The second-order valence-electron chi connectivity index (χ2n) is 10.8. The lowest BCUT2D eigenvalue weighted by molar-refractivity contribution is -0.136. The number of benzene rings is 3. The summed E-state index contributed by atoms with van der Waals surface area (Å²) < 4.78 is 18.4. The monoisotopic (exact) mass is 600 g/mol. The molecular weight excluding hydrogens is 564 g/mol. The number of esters is 1. The maximum Gasteiger partial charge on any atom is 0.338 e. The average Bonchev–Trinajstić information content (AvgIpc) is 3.51. The third kappa shape index (κ3) is 6.60. The Bertz CT molecular complexity index is 1760. The predicted molar refractivity (Wildman–Crippen MR) is 176 cm³/mol. The minimum Gasteiger partial charge on any atom is -0.497 e. The van der Waals surface area contributed by atoms with E-state index in [4.69, 9.17) is 24.2 Å². The Balaban J connectivity index is 1.38. The van der Waals surface area contributed by atoms with Crippen LogP contribution in [-0.2, 0) is 35.5 Å². The molecule has 6 rings (SSSR count). The molecule has 0 atom stereocenters. The van der Waals surface area contributed by atoms with Gasteiger partial charge in [0, 0.05) is 25.0 Å². The molecule has 0 saturated heterocycles. The summed E-state index contributed by atoms with van der Waals surface area (Å²) in [5, 5.41) is 0. The number of aryl methyl sites for hydroxylation is 1. The minimum absolute atomic E-state index is 0.268. The first kappa shape index (κ1) is 29.7. The van der Waals surface area contributed by atoms with Gasteiger partial charge in [0.25, 0.3) is 0 Å². The van der Waals surface area contributed by atoms with Crippen LogP contribution < -0.4 is 14.4 Å². The molecule has 1 aliphatic heterocycles. The molecule has 1 aliphatic rings. The molecule has 3 heterocycles. The van der Waals surface area contributed by atoms with E-state index in [1.54, 1.807) is 20.4 Å². The van der Waals surface area contributed by atoms with Crippen LogP contribution in [0.25, 0.3) is 17.3 Å². The van der Waals surface area contributed by atoms with Crippen LogP contribution in [0.1, 0.15) is 40.6 Å². The molecule has 0 N–H and O–H groups in total. The Morgan fingerprint density at radius 2 is 1.53 bits per heavy atom. The number of fused-ring (bicyclic) bond motifs is 3. The van der Waals surface area contributed by atoms with E-state index in [0.29, 0.717) is 24.2 Å². The lowest BCUT2D eigenvalue weighted by atomic mass is 9.99. The first-order valence-electron chi connectivity index (χ1n) is 15.1. The van der Waals surface area contributed by atoms with Crippen molar-refractivity contribution in [1.82, 2.24) is 14.5 Å². The van der Waals surface area contributed by atoms with Crippen LogP contribution in [-0.4, -0.2) is 41.3 Å². The van der Waals surface area contributed by atoms with Gasteiger partial charge in [-0.05, 0) is 90.6 Å². The highest BCUT2D eigenvalue weighted by atomic mass is 16.5. The van der Waals surface area contributed by atoms with Gasteiger partial charge in [0.1, 0.15) is 23.6 Å². The van der Waals surface area contributed by atoms with Crippen molar-refractivity contribution >= 4 is 23.4 Å². The van der Waals surface area contributed by atoms with E-state index in [9.17, 15) is 4.79 Å². The van der Waals surface area contributed by atoms with E-state index in [1.165, 1.54) is 5.56 Å². The molecule has 0 aliphatic carbocycles. The Labute approximate surface area is 263 Å². The molecule has 0 fully saturated rings. The molecule has 0 amide bonds. The van der Waals surface area contributed by atoms with Crippen molar-refractivity contribution in [3.8, 4) is 17.2 Å². The quantitative estimate of drug-likeness (QED) is 0.123. The molecule has 3 aromatic carbocycles. The number of pyridine rings is 1. The summed E-state index contributed by atoms with van der Waals surface area (Å²) in [6.07, 6.45) is 7.19. The van der Waals surface area contributed by atoms with Gasteiger partial charge in [-0.2, -0.15) is 0 Å². The fourth-order valence-electron chi connectivity index (χ4n) is 5.66. The van der Waals surface area contributed by atoms with Gasteiger partial charge in [-0.15, -0.1) is 0 Å². The van der Waals surface area contributed by atoms with Crippen LogP contribution in [0, 0.1) is 0 Å². The van der Waals surface area contributed by atoms with Gasteiger partial charge in [-0.3, -0.25) is 0 Å². The number of anilines is 1. The summed E-state index contributed by atoms with van der Waals surface area (Å²) in [7, 11) is 3.32. The topological polar surface area (TPSA) is 78.7 Å². The lowest BCUT2D eigenvalue weighted by Crippen LogP contribution is -2.23. The number of carbonyl (C=O) groups is 1. The van der Waals surface area contributed by atoms with Crippen molar-refractivity contribution < 1.29 is 19.0 Å². The van der Waals surface area contributed by atoms with E-state index in [2.05, 4.69) is 27.7 Å². The molecule has 0 saturated carbocycles. The molecule has 45 heavy (non-hydrogen) atoms. The maximum atomic E-state index is 13.4. The number of methoxy groups -OCH3 is 2. The fourth-order valence-corrected chi connectivity index (χ4v) is 5.66. The first-order valence-corrected chi connectivity index (χ1v) is 15.1. The van der Waals surface area contributed by atoms with Crippen molar-refractivity contribution in [3.05, 3.63) is 131 Å². The molecule has 0 spiro atoms. The van der Waals surface area contributed by atoms with Crippen LogP contribution >= 0.6 is 0 Å². The van der Waals surface area contributed by atoms with Crippen LogP contribution in [0.3, 0.4) is 0 Å².